The van der Waals surface area contributed by atoms with Crippen molar-refractivity contribution < 1.29 is 19.4 Å². The van der Waals surface area contributed by atoms with Gasteiger partial charge < -0.3 is 14.7 Å². The van der Waals surface area contributed by atoms with Crippen LogP contribution in [-0.4, -0.2) is 47.7 Å². The summed E-state index contributed by atoms with van der Waals surface area (Å²) in [5.41, 5.74) is 1.41. The number of likely N-dealkylation sites (tertiary alicyclic amines) is 1. The minimum atomic E-state index is -1.00. The molecule has 0 atom stereocenters. The summed E-state index contributed by atoms with van der Waals surface area (Å²) in [6.07, 6.45) is 4.55. The Labute approximate surface area is 136 Å². The second-order valence-corrected chi connectivity index (χ2v) is 6.66. The van der Waals surface area contributed by atoms with Crippen molar-refractivity contribution in [3.8, 4) is 0 Å². The number of hydrogen-bond acceptors (Lipinski definition) is 3. The Morgan fingerprint density at radius 3 is 2.39 bits per heavy atom. The first kappa shape index (κ1) is 16.0. The van der Waals surface area contributed by atoms with E-state index in [1.54, 1.807) is 24.0 Å². The molecule has 1 saturated carbocycles. The van der Waals surface area contributed by atoms with Crippen LogP contribution in [0.4, 0.5) is 0 Å². The van der Waals surface area contributed by atoms with E-state index in [9.17, 15) is 9.59 Å². The van der Waals surface area contributed by atoms with Crippen molar-refractivity contribution >= 4 is 11.9 Å². The predicted octanol–water partition coefficient (Wildman–Crippen LogP) is 2.72. The average molecular weight is 317 g/mol. The Morgan fingerprint density at radius 1 is 1.13 bits per heavy atom. The molecule has 1 aromatic carbocycles. The number of amides is 1. The summed E-state index contributed by atoms with van der Waals surface area (Å²) in [4.78, 5) is 25.5. The largest absolute Gasteiger partial charge is 0.478 e. The van der Waals surface area contributed by atoms with Gasteiger partial charge in [0.1, 0.15) is 0 Å². The summed E-state index contributed by atoms with van der Waals surface area (Å²) >= 11 is 0. The zero-order valence-corrected chi connectivity index (χ0v) is 13.5. The quantitative estimate of drug-likeness (QED) is 0.907. The SMILES string of the molecule is Cc1cc(C(=O)O)cc(C(=O)N2CCC(OCC3CC3)CC2)c1. The van der Waals surface area contributed by atoms with E-state index in [0.29, 0.717) is 18.7 Å². The van der Waals surface area contributed by atoms with Gasteiger partial charge in [-0.1, -0.05) is 0 Å². The lowest BCUT2D eigenvalue weighted by Crippen LogP contribution is -2.41. The van der Waals surface area contributed by atoms with Crippen molar-refractivity contribution in [1.82, 2.24) is 4.90 Å². The van der Waals surface area contributed by atoms with Crippen LogP contribution in [0.3, 0.4) is 0 Å². The second-order valence-electron chi connectivity index (χ2n) is 6.66. The average Bonchev–Trinajstić information content (AvgIpc) is 3.36. The minimum absolute atomic E-state index is 0.0863. The number of hydrogen-bond donors (Lipinski definition) is 1. The van der Waals surface area contributed by atoms with E-state index in [1.165, 1.54) is 18.9 Å². The Kier molecular flexibility index (Phi) is 4.66. The number of piperidine rings is 1. The number of rotatable bonds is 5. The zero-order valence-electron chi connectivity index (χ0n) is 13.5. The Balaban J connectivity index is 1.59. The van der Waals surface area contributed by atoms with Crippen molar-refractivity contribution in [2.75, 3.05) is 19.7 Å². The summed E-state index contributed by atoms with van der Waals surface area (Å²) in [6, 6.07) is 4.80. The Hall–Kier alpha value is -1.88. The topological polar surface area (TPSA) is 66.8 Å². The maximum atomic E-state index is 12.6. The summed E-state index contributed by atoms with van der Waals surface area (Å²) in [7, 11) is 0. The van der Waals surface area contributed by atoms with Gasteiger partial charge in [0.25, 0.3) is 5.91 Å². The molecular formula is C18H23NO4. The van der Waals surface area contributed by atoms with E-state index in [2.05, 4.69) is 0 Å². The maximum Gasteiger partial charge on any atom is 0.335 e. The van der Waals surface area contributed by atoms with E-state index in [4.69, 9.17) is 9.84 Å². The molecule has 23 heavy (non-hydrogen) atoms. The third-order valence-corrected chi connectivity index (χ3v) is 4.57. The molecule has 0 bridgehead atoms. The molecule has 2 aliphatic rings. The molecule has 1 amide bonds. The van der Waals surface area contributed by atoms with Gasteiger partial charge in [-0.05, 0) is 62.3 Å². The Bertz CT molecular complexity index is 601. The van der Waals surface area contributed by atoms with Gasteiger partial charge in [-0.15, -0.1) is 0 Å². The number of aromatic carboxylic acids is 1. The lowest BCUT2D eigenvalue weighted by molar-refractivity contribution is 0.00411. The molecule has 124 valence electrons. The monoisotopic (exact) mass is 317 g/mol. The second kappa shape index (κ2) is 6.71. The lowest BCUT2D eigenvalue weighted by Gasteiger charge is -2.32. The molecule has 5 heteroatoms. The van der Waals surface area contributed by atoms with Gasteiger partial charge in [0.15, 0.2) is 0 Å². The summed E-state index contributed by atoms with van der Waals surface area (Å²) in [5, 5.41) is 9.13. The number of carboxylic acids is 1. The predicted molar refractivity (Wildman–Crippen MR) is 85.7 cm³/mol. The number of ether oxygens (including phenoxy) is 1. The highest BCUT2D eigenvalue weighted by Crippen LogP contribution is 2.30. The molecule has 0 radical (unpaired) electrons. The van der Waals surface area contributed by atoms with Gasteiger partial charge in [0.2, 0.25) is 0 Å². The van der Waals surface area contributed by atoms with Gasteiger partial charge in [0.05, 0.1) is 11.7 Å². The van der Waals surface area contributed by atoms with E-state index in [-0.39, 0.29) is 17.6 Å². The van der Waals surface area contributed by atoms with Crippen molar-refractivity contribution in [3.63, 3.8) is 0 Å². The van der Waals surface area contributed by atoms with Crippen LogP contribution in [0.5, 0.6) is 0 Å². The Morgan fingerprint density at radius 2 is 1.78 bits per heavy atom. The number of nitrogens with zero attached hydrogens (tertiary/aromatic N) is 1. The molecule has 1 heterocycles. The zero-order chi connectivity index (χ0) is 16.4. The van der Waals surface area contributed by atoms with Crippen LogP contribution in [0.2, 0.25) is 0 Å². The number of carbonyl (C=O) groups is 2. The van der Waals surface area contributed by atoms with Crippen molar-refractivity contribution in [2.24, 2.45) is 5.92 Å². The third-order valence-electron chi connectivity index (χ3n) is 4.57. The fraction of sp³-hybridized carbons (Fsp3) is 0.556. The van der Waals surface area contributed by atoms with Crippen molar-refractivity contribution in [3.05, 3.63) is 34.9 Å². The molecule has 2 fully saturated rings. The first-order valence-electron chi connectivity index (χ1n) is 8.29. The molecule has 0 aromatic heterocycles. The van der Waals surface area contributed by atoms with Gasteiger partial charge in [-0.3, -0.25) is 4.79 Å². The van der Waals surface area contributed by atoms with E-state index < -0.39 is 5.97 Å². The molecular weight excluding hydrogens is 294 g/mol. The first-order chi connectivity index (χ1) is 11.0. The summed E-state index contributed by atoms with van der Waals surface area (Å²) in [6.45, 7) is 4.01. The van der Waals surface area contributed by atoms with Crippen molar-refractivity contribution in [2.45, 2.75) is 38.7 Å². The molecule has 0 spiro atoms. The first-order valence-corrected chi connectivity index (χ1v) is 8.29. The molecule has 1 N–H and O–H groups in total. The normalized spacial score (nSPS) is 18.9. The number of benzene rings is 1. The van der Waals surface area contributed by atoms with E-state index in [1.807, 2.05) is 0 Å². The maximum absolute atomic E-state index is 12.6. The van der Waals surface area contributed by atoms with Gasteiger partial charge in [0, 0.05) is 25.3 Å². The number of aryl methyl sites for hydroxylation is 1. The molecule has 1 aliphatic heterocycles. The molecule has 5 nitrogen and oxygen atoms in total. The molecule has 1 saturated heterocycles. The van der Waals surface area contributed by atoms with Crippen LogP contribution in [0.1, 0.15) is 52.0 Å². The van der Waals surface area contributed by atoms with Crippen LogP contribution in [0.15, 0.2) is 18.2 Å². The van der Waals surface area contributed by atoms with E-state index >= 15 is 0 Å². The number of carboxylic acid groups (broad SMARTS) is 1. The lowest BCUT2D eigenvalue weighted by atomic mass is 10.0. The highest BCUT2D eigenvalue weighted by atomic mass is 16.5. The van der Waals surface area contributed by atoms with Gasteiger partial charge in [-0.25, -0.2) is 4.79 Å². The molecule has 1 aromatic rings. The molecule has 1 aliphatic carbocycles. The highest BCUT2D eigenvalue weighted by Gasteiger charge is 2.27. The molecule has 0 unspecified atom stereocenters. The molecule has 3 rings (SSSR count). The standard InChI is InChI=1S/C18H23NO4/c1-12-8-14(10-15(9-12)18(21)22)17(20)19-6-4-16(5-7-19)23-11-13-2-3-13/h8-10,13,16H,2-7,11H2,1H3,(H,21,22). The third kappa shape index (κ3) is 4.10. The van der Waals surface area contributed by atoms with Gasteiger partial charge >= 0.3 is 5.97 Å². The fourth-order valence-corrected chi connectivity index (χ4v) is 2.99. The van der Waals surface area contributed by atoms with E-state index in [0.717, 1.165) is 30.9 Å². The van der Waals surface area contributed by atoms with Crippen LogP contribution in [-0.2, 0) is 4.74 Å². The van der Waals surface area contributed by atoms with Crippen LogP contribution < -0.4 is 0 Å². The van der Waals surface area contributed by atoms with Crippen molar-refractivity contribution in [1.29, 1.82) is 0 Å². The fourth-order valence-electron chi connectivity index (χ4n) is 2.99. The summed E-state index contributed by atoms with van der Waals surface area (Å²) in [5.74, 6) is -0.330. The number of carbonyl (C=O) groups excluding carboxylic acids is 1. The van der Waals surface area contributed by atoms with Crippen LogP contribution >= 0.6 is 0 Å². The van der Waals surface area contributed by atoms with Gasteiger partial charge in [-0.2, -0.15) is 0 Å². The summed E-state index contributed by atoms with van der Waals surface area (Å²) < 4.78 is 5.89. The van der Waals surface area contributed by atoms with Crippen LogP contribution in [0, 0.1) is 12.8 Å². The highest BCUT2D eigenvalue weighted by molar-refractivity contribution is 5.97. The minimum Gasteiger partial charge on any atom is -0.478 e. The smallest absolute Gasteiger partial charge is 0.335 e. The van der Waals surface area contributed by atoms with Crippen LogP contribution in [0.25, 0.3) is 0 Å².